The molecule has 0 aliphatic rings. The van der Waals surface area contributed by atoms with E-state index in [0.29, 0.717) is 0 Å². The molecule has 0 saturated heterocycles. The SMILES string of the molecule is CC(C)=CCC/C(C)=C/CC/C(C)=C/COC(=O)CC(=O)CC(=O)OC/C=C(\C)CC/C=C(\C)CCC=C(C)C. The van der Waals surface area contributed by atoms with Crippen LogP contribution in [0.5, 0.6) is 0 Å². The van der Waals surface area contributed by atoms with E-state index in [2.05, 4.69) is 65.8 Å². The van der Waals surface area contributed by atoms with Crippen LogP contribution in [-0.2, 0) is 23.9 Å². The molecule has 0 aliphatic heterocycles. The van der Waals surface area contributed by atoms with Crippen molar-refractivity contribution in [2.75, 3.05) is 13.2 Å². The molecule has 0 saturated carbocycles. The molecule has 40 heavy (non-hydrogen) atoms. The normalized spacial score (nSPS) is 12.6. The Labute approximate surface area is 244 Å². The summed E-state index contributed by atoms with van der Waals surface area (Å²) in [7, 11) is 0. The Morgan fingerprint density at radius 3 is 1.07 bits per heavy atom. The van der Waals surface area contributed by atoms with Gasteiger partial charge in [0.15, 0.2) is 5.78 Å². The van der Waals surface area contributed by atoms with Crippen molar-refractivity contribution in [2.45, 2.75) is 120 Å². The topological polar surface area (TPSA) is 69.7 Å². The van der Waals surface area contributed by atoms with Crippen molar-refractivity contribution in [2.24, 2.45) is 0 Å². The standard InChI is InChI=1S/C35H54O5/c1-27(2)13-9-15-29(5)17-11-19-31(7)21-23-39-34(37)25-33(36)26-35(38)40-24-22-32(8)20-12-18-30(6)16-10-14-28(3)4/h13-14,17-18,21-22H,9-12,15-16,19-20,23-26H2,1-8H3/b29-17+,30-18+,31-21+,32-22+. The van der Waals surface area contributed by atoms with Crippen LogP contribution in [0.2, 0.25) is 0 Å². The minimum atomic E-state index is -0.628. The molecule has 0 aromatic heterocycles. The average molecular weight is 555 g/mol. The van der Waals surface area contributed by atoms with Gasteiger partial charge in [0.1, 0.15) is 26.1 Å². The Bertz CT molecular complexity index is 899. The maximum absolute atomic E-state index is 12.0. The van der Waals surface area contributed by atoms with E-state index in [9.17, 15) is 14.4 Å². The van der Waals surface area contributed by atoms with E-state index in [-0.39, 0.29) is 13.2 Å². The highest BCUT2D eigenvalue weighted by Crippen LogP contribution is 2.13. The minimum Gasteiger partial charge on any atom is -0.461 e. The molecule has 0 aromatic rings. The number of esters is 2. The molecule has 0 rings (SSSR count). The molecule has 0 heterocycles. The van der Waals surface area contributed by atoms with Gasteiger partial charge in [-0.2, -0.15) is 0 Å². The number of Topliss-reactive ketones (excluding diaryl/α,β-unsaturated/α-hetero) is 1. The van der Waals surface area contributed by atoms with E-state index in [0.717, 1.165) is 62.5 Å². The molecule has 0 aromatic carbocycles. The quantitative estimate of drug-likeness (QED) is 0.0852. The molecule has 0 amide bonds. The van der Waals surface area contributed by atoms with Gasteiger partial charge in [0.05, 0.1) is 0 Å². The van der Waals surface area contributed by atoms with Gasteiger partial charge in [0, 0.05) is 0 Å². The van der Waals surface area contributed by atoms with Crippen molar-refractivity contribution >= 4 is 17.7 Å². The van der Waals surface area contributed by atoms with E-state index in [4.69, 9.17) is 9.47 Å². The summed E-state index contributed by atoms with van der Waals surface area (Å²) in [5.74, 6) is -1.76. The molecular formula is C35H54O5. The van der Waals surface area contributed by atoms with Crippen LogP contribution in [0.15, 0.2) is 69.9 Å². The minimum absolute atomic E-state index is 0.125. The first-order valence-electron chi connectivity index (χ1n) is 14.6. The lowest BCUT2D eigenvalue weighted by atomic mass is 10.1. The smallest absolute Gasteiger partial charge is 0.313 e. The van der Waals surface area contributed by atoms with Gasteiger partial charge in [-0.1, -0.05) is 57.7 Å². The second-order valence-electron chi connectivity index (χ2n) is 11.2. The maximum atomic E-state index is 12.0. The third-order valence-electron chi connectivity index (χ3n) is 6.28. The van der Waals surface area contributed by atoms with Crippen molar-refractivity contribution in [3.63, 3.8) is 0 Å². The van der Waals surface area contributed by atoms with E-state index < -0.39 is 30.6 Å². The summed E-state index contributed by atoms with van der Waals surface area (Å²) in [6.45, 7) is 17.0. The van der Waals surface area contributed by atoms with Gasteiger partial charge < -0.3 is 9.47 Å². The number of carbonyl (C=O) groups is 3. The number of hydrogen-bond acceptors (Lipinski definition) is 5. The number of rotatable bonds is 20. The van der Waals surface area contributed by atoms with Crippen molar-refractivity contribution in [1.82, 2.24) is 0 Å². The second-order valence-corrected chi connectivity index (χ2v) is 11.2. The maximum Gasteiger partial charge on any atom is 0.313 e. The van der Waals surface area contributed by atoms with Gasteiger partial charge in [-0.15, -0.1) is 0 Å². The molecule has 0 spiro atoms. The highest BCUT2D eigenvalue weighted by Gasteiger charge is 2.15. The highest BCUT2D eigenvalue weighted by molar-refractivity contribution is 6.03. The zero-order valence-corrected chi connectivity index (χ0v) is 26.5. The van der Waals surface area contributed by atoms with E-state index >= 15 is 0 Å². The number of carbonyl (C=O) groups excluding carboxylic acids is 3. The van der Waals surface area contributed by atoms with Gasteiger partial charge >= 0.3 is 11.9 Å². The van der Waals surface area contributed by atoms with Crippen LogP contribution < -0.4 is 0 Å². The fraction of sp³-hybridized carbons (Fsp3) is 0.571. The molecule has 0 atom stereocenters. The zero-order chi connectivity index (χ0) is 30.3. The molecule has 0 aliphatic carbocycles. The van der Waals surface area contributed by atoms with E-state index in [1.807, 2.05) is 26.0 Å². The number of ketones is 1. The summed E-state index contributed by atoms with van der Waals surface area (Å²) in [4.78, 5) is 35.9. The molecule has 0 unspecified atom stereocenters. The lowest BCUT2D eigenvalue weighted by Crippen LogP contribution is -2.16. The molecule has 0 radical (unpaired) electrons. The van der Waals surface area contributed by atoms with Gasteiger partial charge in [-0.3, -0.25) is 14.4 Å². The summed E-state index contributed by atoms with van der Waals surface area (Å²) < 4.78 is 10.3. The summed E-state index contributed by atoms with van der Waals surface area (Å²) in [5.41, 5.74) is 7.71. The number of allylic oxidation sites excluding steroid dienone is 10. The van der Waals surface area contributed by atoms with Crippen LogP contribution in [0.1, 0.15) is 120 Å². The second kappa shape index (κ2) is 22.8. The predicted molar refractivity (Wildman–Crippen MR) is 167 cm³/mol. The molecule has 0 fully saturated rings. The van der Waals surface area contributed by atoms with Crippen molar-refractivity contribution in [3.8, 4) is 0 Å². The lowest BCUT2D eigenvalue weighted by Gasteiger charge is -2.05. The third kappa shape index (κ3) is 24.1. The van der Waals surface area contributed by atoms with Crippen LogP contribution in [0.4, 0.5) is 0 Å². The third-order valence-corrected chi connectivity index (χ3v) is 6.28. The Morgan fingerprint density at radius 2 is 0.750 bits per heavy atom. The molecule has 0 bridgehead atoms. The lowest BCUT2D eigenvalue weighted by molar-refractivity contribution is -0.147. The summed E-state index contributed by atoms with van der Waals surface area (Å²) in [6.07, 6.45) is 19.8. The van der Waals surface area contributed by atoms with Crippen molar-refractivity contribution < 1.29 is 23.9 Å². The summed E-state index contributed by atoms with van der Waals surface area (Å²) in [6, 6.07) is 0. The van der Waals surface area contributed by atoms with Gasteiger partial charge in [0.25, 0.3) is 0 Å². The highest BCUT2D eigenvalue weighted by atomic mass is 16.5. The fourth-order valence-electron chi connectivity index (χ4n) is 3.72. The Kier molecular flexibility index (Phi) is 21.1. The molecule has 5 nitrogen and oxygen atoms in total. The van der Waals surface area contributed by atoms with Crippen LogP contribution in [-0.4, -0.2) is 30.9 Å². The number of hydrogen-bond donors (Lipinski definition) is 0. The first-order chi connectivity index (χ1) is 18.9. The fourth-order valence-corrected chi connectivity index (χ4v) is 3.72. The van der Waals surface area contributed by atoms with Crippen molar-refractivity contribution in [3.05, 3.63) is 69.9 Å². The first kappa shape index (κ1) is 37.0. The first-order valence-corrected chi connectivity index (χ1v) is 14.6. The summed E-state index contributed by atoms with van der Waals surface area (Å²) >= 11 is 0. The zero-order valence-electron chi connectivity index (χ0n) is 26.5. The van der Waals surface area contributed by atoms with E-state index in [1.165, 1.54) is 22.3 Å². The monoisotopic (exact) mass is 554 g/mol. The molecule has 0 N–H and O–H groups in total. The largest absolute Gasteiger partial charge is 0.461 e. The van der Waals surface area contributed by atoms with Gasteiger partial charge in [-0.05, 0) is 119 Å². The van der Waals surface area contributed by atoms with Crippen LogP contribution in [0, 0.1) is 0 Å². The van der Waals surface area contributed by atoms with Gasteiger partial charge in [0.2, 0.25) is 0 Å². The van der Waals surface area contributed by atoms with Crippen LogP contribution >= 0.6 is 0 Å². The van der Waals surface area contributed by atoms with E-state index in [1.54, 1.807) is 0 Å². The predicted octanol–water partition coefficient (Wildman–Crippen LogP) is 9.26. The van der Waals surface area contributed by atoms with Crippen molar-refractivity contribution in [1.29, 1.82) is 0 Å². The van der Waals surface area contributed by atoms with Gasteiger partial charge in [-0.25, -0.2) is 0 Å². The Morgan fingerprint density at radius 1 is 0.450 bits per heavy atom. The Balaban J connectivity index is 4.16. The van der Waals surface area contributed by atoms with Crippen LogP contribution in [0.25, 0.3) is 0 Å². The molecule has 224 valence electrons. The number of ether oxygens (including phenoxy) is 2. The summed E-state index contributed by atoms with van der Waals surface area (Å²) in [5, 5.41) is 0. The molecular weight excluding hydrogens is 500 g/mol. The average Bonchev–Trinajstić information content (AvgIpc) is 2.83. The molecule has 5 heteroatoms. The Hall–Kier alpha value is -2.95. The van der Waals surface area contributed by atoms with Crippen LogP contribution in [0.3, 0.4) is 0 Å².